The molecule has 0 atom stereocenters. The molecular formula is C14H10ClFOS. The molecule has 0 aliphatic rings. The summed E-state index contributed by atoms with van der Waals surface area (Å²) in [6.07, 6.45) is 0.665. The van der Waals surface area contributed by atoms with Crippen molar-refractivity contribution in [1.29, 1.82) is 0 Å². The molecule has 2 rings (SSSR count). The van der Waals surface area contributed by atoms with E-state index in [2.05, 4.69) is 0 Å². The maximum absolute atomic E-state index is 13.0. The summed E-state index contributed by atoms with van der Waals surface area (Å²) in [6.45, 7) is 0. The molecule has 0 bridgehead atoms. The van der Waals surface area contributed by atoms with Crippen LogP contribution < -0.4 is 0 Å². The fourth-order valence-electron chi connectivity index (χ4n) is 1.51. The van der Waals surface area contributed by atoms with Crippen LogP contribution in [-0.2, 0) is 5.75 Å². The Morgan fingerprint density at radius 3 is 2.72 bits per heavy atom. The number of carbonyl (C=O) groups is 1. The van der Waals surface area contributed by atoms with Crippen LogP contribution in [0.5, 0.6) is 0 Å². The topological polar surface area (TPSA) is 17.1 Å². The number of thioether (sulfide) groups is 1. The minimum absolute atomic E-state index is 0.368. The van der Waals surface area contributed by atoms with Gasteiger partial charge >= 0.3 is 0 Å². The van der Waals surface area contributed by atoms with Crippen molar-refractivity contribution < 1.29 is 9.18 Å². The molecule has 0 heterocycles. The molecule has 0 spiro atoms. The zero-order chi connectivity index (χ0) is 13.0. The van der Waals surface area contributed by atoms with Gasteiger partial charge in [-0.3, -0.25) is 4.79 Å². The van der Waals surface area contributed by atoms with Gasteiger partial charge in [-0.05, 0) is 29.8 Å². The van der Waals surface area contributed by atoms with E-state index in [4.69, 9.17) is 11.6 Å². The molecule has 0 fully saturated rings. The van der Waals surface area contributed by atoms with Crippen LogP contribution in [-0.4, -0.2) is 6.29 Å². The summed E-state index contributed by atoms with van der Waals surface area (Å²) in [5.41, 5.74) is 1.36. The highest BCUT2D eigenvalue weighted by molar-refractivity contribution is 7.98. The van der Waals surface area contributed by atoms with Crippen molar-refractivity contribution in [3.05, 3.63) is 64.4 Å². The summed E-state index contributed by atoms with van der Waals surface area (Å²) in [7, 11) is 0. The van der Waals surface area contributed by atoms with Crippen LogP contribution >= 0.6 is 23.4 Å². The fourth-order valence-corrected chi connectivity index (χ4v) is 2.80. The van der Waals surface area contributed by atoms with Gasteiger partial charge in [0.15, 0.2) is 6.29 Å². The smallest absolute Gasteiger partial charge is 0.151 e. The van der Waals surface area contributed by atoms with Crippen molar-refractivity contribution in [3.8, 4) is 0 Å². The van der Waals surface area contributed by atoms with Gasteiger partial charge < -0.3 is 0 Å². The maximum atomic E-state index is 13.0. The lowest BCUT2D eigenvalue weighted by Gasteiger charge is -2.06. The molecule has 0 aliphatic carbocycles. The molecule has 2 aromatic rings. The van der Waals surface area contributed by atoms with E-state index in [1.165, 1.54) is 23.9 Å². The van der Waals surface area contributed by atoms with E-state index in [1.54, 1.807) is 6.07 Å². The molecule has 2 aromatic carbocycles. The summed E-state index contributed by atoms with van der Waals surface area (Å²) < 4.78 is 13.0. The molecule has 0 aromatic heterocycles. The minimum Gasteiger partial charge on any atom is -0.298 e. The van der Waals surface area contributed by atoms with E-state index in [0.717, 1.165) is 10.5 Å². The van der Waals surface area contributed by atoms with Crippen LogP contribution in [0, 0.1) is 5.82 Å². The van der Waals surface area contributed by atoms with Crippen LogP contribution in [0.4, 0.5) is 4.39 Å². The van der Waals surface area contributed by atoms with Crippen molar-refractivity contribution in [2.45, 2.75) is 10.6 Å². The highest BCUT2D eigenvalue weighted by Gasteiger charge is 2.06. The number of hydrogen-bond donors (Lipinski definition) is 0. The monoisotopic (exact) mass is 280 g/mol. The lowest BCUT2D eigenvalue weighted by Crippen LogP contribution is -1.89. The van der Waals surface area contributed by atoms with Crippen molar-refractivity contribution >= 4 is 29.6 Å². The van der Waals surface area contributed by atoms with Crippen molar-refractivity contribution in [2.75, 3.05) is 0 Å². The standard InChI is InChI=1S/C14H10ClFOS/c15-13-4-2-1-3-10(13)9-18-14-6-5-12(16)7-11(14)8-17/h1-8H,9H2. The highest BCUT2D eigenvalue weighted by Crippen LogP contribution is 2.28. The molecule has 0 aliphatic heterocycles. The third-order valence-corrected chi connectivity index (χ3v) is 3.95. The average Bonchev–Trinajstić information content (AvgIpc) is 2.39. The first-order chi connectivity index (χ1) is 8.70. The first-order valence-electron chi connectivity index (χ1n) is 5.31. The number of hydrogen-bond acceptors (Lipinski definition) is 2. The number of rotatable bonds is 4. The normalized spacial score (nSPS) is 10.3. The van der Waals surface area contributed by atoms with Crippen LogP contribution in [0.25, 0.3) is 0 Å². The first-order valence-corrected chi connectivity index (χ1v) is 6.68. The van der Waals surface area contributed by atoms with Gasteiger partial charge in [0.05, 0.1) is 0 Å². The van der Waals surface area contributed by atoms with E-state index in [0.29, 0.717) is 22.6 Å². The predicted octanol–water partition coefficient (Wildman–Crippen LogP) is 4.58. The number of halogens is 2. The van der Waals surface area contributed by atoms with Gasteiger partial charge in [-0.1, -0.05) is 29.8 Å². The van der Waals surface area contributed by atoms with Gasteiger partial charge in [-0.2, -0.15) is 0 Å². The number of benzene rings is 2. The SMILES string of the molecule is O=Cc1cc(F)ccc1SCc1ccccc1Cl. The first kappa shape index (κ1) is 13.1. The second-order valence-corrected chi connectivity index (χ2v) is 5.10. The van der Waals surface area contributed by atoms with Crippen molar-refractivity contribution in [2.24, 2.45) is 0 Å². The molecule has 18 heavy (non-hydrogen) atoms. The van der Waals surface area contributed by atoms with Crippen LogP contribution in [0.3, 0.4) is 0 Å². The van der Waals surface area contributed by atoms with Crippen LogP contribution in [0.1, 0.15) is 15.9 Å². The third kappa shape index (κ3) is 3.12. The Bertz CT molecular complexity index is 571. The average molecular weight is 281 g/mol. The van der Waals surface area contributed by atoms with E-state index in [1.807, 2.05) is 24.3 Å². The summed E-state index contributed by atoms with van der Waals surface area (Å²) in [5, 5.41) is 0.694. The van der Waals surface area contributed by atoms with Crippen molar-refractivity contribution in [1.82, 2.24) is 0 Å². The largest absolute Gasteiger partial charge is 0.298 e. The molecule has 0 N–H and O–H groups in total. The van der Waals surface area contributed by atoms with Gasteiger partial charge in [0, 0.05) is 21.2 Å². The molecular weight excluding hydrogens is 271 g/mol. The van der Waals surface area contributed by atoms with Gasteiger partial charge in [0.2, 0.25) is 0 Å². The van der Waals surface area contributed by atoms with E-state index < -0.39 is 5.82 Å². The molecule has 1 nitrogen and oxygen atoms in total. The quantitative estimate of drug-likeness (QED) is 0.602. The Morgan fingerprint density at radius 2 is 2.00 bits per heavy atom. The molecule has 0 saturated heterocycles. The van der Waals surface area contributed by atoms with E-state index >= 15 is 0 Å². The van der Waals surface area contributed by atoms with Gasteiger partial charge in [-0.15, -0.1) is 11.8 Å². The number of carbonyl (C=O) groups excluding carboxylic acids is 1. The molecule has 92 valence electrons. The maximum Gasteiger partial charge on any atom is 0.151 e. The summed E-state index contributed by atoms with van der Waals surface area (Å²) in [4.78, 5) is 11.6. The van der Waals surface area contributed by atoms with Gasteiger partial charge in [0.1, 0.15) is 5.82 Å². The van der Waals surface area contributed by atoms with Crippen LogP contribution in [0.15, 0.2) is 47.4 Å². The Labute approximate surface area is 114 Å². The van der Waals surface area contributed by atoms with Gasteiger partial charge in [-0.25, -0.2) is 4.39 Å². The lowest BCUT2D eigenvalue weighted by atomic mass is 10.2. The molecule has 0 saturated carbocycles. The summed E-state index contributed by atoms with van der Waals surface area (Å²) in [6, 6.07) is 11.7. The van der Waals surface area contributed by atoms with E-state index in [-0.39, 0.29) is 0 Å². The Balaban J connectivity index is 2.16. The predicted molar refractivity (Wildman–Crippen MR) is 72.8 cm³/mol. The minimum atomic E-state index is -0.404. The second kappa shape index (κ2) is 6.03. The van der Waals surface area contributed by atoms with Crippen LogP contribution in [0.2, 0.25) is 5.02 Å². The Hall–Kier alpha value is -1.32. The Kier molecular flexibility index (Phi) is 4.39. The molecule has 4 heteroatoms. The zero-order valence-electron chi connectivity index (χ0n) is 9.40. The highest BCUT2D eigenvalue weighted by atomic mass is 35.5. The van der Waals surface area contributed by atoms with Crippen molar-refractivity contribution in [3.63, 3.8) is 0 Å². The molecule has 0 unspecified atom stereocenters. The van der Waals surface area contributed by atoms with E-state index in [9.17, 15) is 9.18 Å². The Morgan fingerprint density at radius 1 is 1.22 bits per heavy atom. The number of aldehydes is 1. The third-order valence-electron chi connectivity index (χ3n) is 2.44. The summed E-state index contributed by atoms with van der Waals surface area (Å²) in [5.74, 6) is 0.241. The zero-order valence-corrected chi connectivity index (χ0v) is 11.0. The lowest BCUT2D eigenvalue weighted by molar-refractivity contribution is 0.112. The molecule has 0 amide bonds. The fraction of sp³-hybridized carbons (Fsp3) is 0.0714. The summed E-state index contributed by atoms with van der Waals surface area (Å²) >= 11 is 7.51. The molecule has 0 radical (unpaired) electrons. The van der Waals surface area contributed by atoms with Gasteiger partial charge in [0.25, 0.3) is 0 Å². The second-order valence-electron chi connectivity index (χ2n) is 3.68.